The van der Waals surface area contributed by atoms with Crippen LogP contribution in [0.3, 0.4) is 0 Å². The lowest BCUT2D eigenvalue weighted by Crippen LogP contribution is -2.15. The largest absolute Gasteiger partial charge is 0.384 e. The number of carbonyl (C=O) groups excluding carboxylic acids is 1. The predicted molar refractivity (Wildman–Crippen MR) is 81.9 cm³/mol. The monoisotopic (exact) mass is 326 g/mol. The fourth-order valence-corrected chi connectivity index (χ4v) is 2.42. The molecule has 1 aromatic heterocycles. The minimum atomic E-state index is -0.547. The van der Waals surface area contributed by atoms with E-state index in [-0.39, 0.29) is 17.3 Å². The molecule has 3 N–H and O–H groups in total. The first-order valence-electron chi connectivity index (χ1n) is 5.93. The number of nitrogens with one attached hydrogen (secondary N) is 1. The van der Waals surface area contributed by atoms with E-state index in [4.69, 9.17) is 17.3 Å². The maximum absolute atomic E-state index is 13.5. The van der Waals surface area contributed by atoms with Crippen LogP contribution in [0.5, 0.6) is 0 Å². The number of anilines is 2. The van der Waals surface area contributed by atoms with Crippen molar-refractivity contribution in [3.8, 4) is 0 Å². The molecule has 21 heavy (non-hydrogen) atoms. The summed E-state index contributed by atoms with van der Waals surface area (Å²) in [5.41, 5.74) is 6.35. The number of benzene rings is 1. The van der Waals surface area contributed by atoms with Gasteiger partial charge < -0.3 is 11.1 Å². The molecule has 1 aromatic carbocycles. The van der Waals surface area contributed by atoms with Crippen molar-refractivity contribution in [2.45, 2.75) is 12.1 Å². The minimum Gasteiger partial charge on any atom is -0.384 e. The van der Waals surface area contributed by atoms with E-state index in [1.807, 2.05) is 0 Å². The molecule has 1 amide bonds. The predicted octanol–water partition coefficient (Wildman–Crippen LogP) is 2.89. The highest BCUT2D eigenvalue weighted by Gasteiger charge is 2.10. The lowest BCUT2D eigenvalue weighted by atomic mass is 10.3. The molecule has 0 unspecified atom stereocenters. The molecule has 0 saturated carbocycles. The molecule has 0 atom stereocenters. The Morgan fingerprint density at radius 1 is 1.43 bits per heavy atom. The number of amides is 1. The number of halogens is 2. The van der Waals surface area contributed by atoms with Crippen molar-refractivity contribution in [2.24, 2.45) is 0 Å². The molecule has 2 aromatic rings. The number of aryl methyl sites for hydroxylation is 1. The number of nitrogens with zero attached hydrogens (tertiary/aromatic N) is 2. The Morgan fingerprint density at radius 3 is 2.90 bits per heavy atom. The minimum absolute atomic E-state index is 0.0366. The van der Waals surface area contributed by atoms with Crippen molar-refractivity contribution < 1.29 is 9.18 Å². The second kappa shape index (κ2) is 6.73. The Bertz CT molecular complexity index is 663. The SMILES string of the molecule is Cc1cc(N)nc(SCC(=O)Nc2cc(Cl)ccc2F)n1. The number of hydrogen-bond acceptors (Lipinski definition) is 5. The topological polar surface area (TPSA) is 80.9 Å². The first kappa shape index (κ1) is 15.5. The van der Waals surface area contributed by atoms with E-state index in [0.717, 1.165) is 11.8 Å². The highest BCUT2D eigenvalue weighted by Crippen LogP contribution is 2.20. The summed E-state index contributed by atoms with van der Waals surface area (Å²) in [5.74, 6) is -0.556. The molecule has 0 aliphatic carbocycles. The first-order chi connectivity index (χ1) is 9.94. The summed E-state index contributed by atoms with van der Waals surface area (Å²) in [6, 6.07) is 5.58. The van der Waals surface area contributed by atoms with Gasteiger partial charge >= 0.3 is 0 Å². The van der Waals surface area contributed by atoms with Crippen LogP contribution in [0.4, 0.5) is 15.9 Å². The van der Waals surface area contributed by atoms with Crippen LogP contribution in [0, 0.1) is 12.7 Å². The standard InChI is InChI=1S/C13H12ClFN4OS/c1-7-4-11(16)19-13(17-7)21-6-12(20)18-10-5-8(14)2-3-9(10)15/h2-5H,6H2,1H3,(H,18,20)(H2,16,17,19). The molecule has 0 bridgehead atoms. The second-order valence-corrected chi connectivity index (χ2v) is 5.56. The number of nitrogens with two attached hydrogens (primary N) is 1. The number of rotatable bonds is 4. The van der Waals surface area contributed by atoms with Crippen molar-refractivity contribution in [3.63, 3.8) is 0 Å². The van der Waals surface area contributed by atoms with Gasteiger partial charge in [0.2, 0.25) is 5.91 Å². The average Bonchev–Trinajstić information content (AvgIpc) is 2.40. The van der Waals surface area contributed by atoms with Crippen LogP contribution < -0.4 is 11.1 Å². The molecule has 5 nitrogen and oxygen atoms in total. The van der Waals surface area contributed by atoms with Crippen molar-refractivity contribution >= 4 is 40.8 Å². The molecule has 0 aliphatic heterocycles. The Morgan fingerprint density at radius 2 is 2.19 bits per heavy atom. The zero-order chi connectivity index (χ0) is 15.4. The summed E-state index contributed by atoms with van der Waals surface area (Å²) in [6.45, 7) is 1.78. The van der Waals surface area contributed by atoms with Gasteiger partial charge in [-0.2, -0.15) is 0 Å². The van der Waals surface area contributed by atoms with E-state index in [9.17, 15) is 9.18 Å². The van der Waals surface area contributed by atoms with Gasteiger partial charge in [0.15, 0.2) is 5.16 Å². The van der Waals surface area contributed by atoms with Gasteiger partial charge in [-0.3, -0.25) is 4.79 Å². The normalized spacial score (nSPS) is 10.4. The third-order valence-corrected chi connectivity index (χ3v) is 3.47. The van der Waals surface area contributed by atoms with Gasteiger partial charge in [0.1, 0.15) is 11.6 Å². The van der Waals surface area contributed by atoms with Gasteiger partial charge in [0, 0.05) is 16.8 Å². The fraction of sp³-hybridized carbons (Fsp3) is 0.154. The van der Waals surface area contributed by atoms with Crippen molar-refractivity contribution in [3.05, 3.63) is 40.8 Å². The van der Waals surface area contributed by atoms with Gasteiger partial charge in [0.05, 0.1) is 11.4 Å². The molecule has 0 saturated heterocycles. The lowest BCUT2D eigenvalue weighted by molar-refractivity contribution is -0.113. The zero-order valence-electron chi connectivity index (χ0n) is 11.1. The van der Waals surface area contributed by atoms with Gasteiger partial charge in [-0.1, -0.05) is 23.4 Å². The van der Waals surface area contributed by atoms with Crippen LogP contribution in [0.25, 0.3) is 0 Å². The average molecular weight is 327 g/mol. The smallest absolute Gasteiger partial charge is 0.234 e. The molecular formula is C13H12ClFN4OS. The van der Waals surface area contributed by atoms with Crippen molar-refractivity contribution in [1.82, 2.24) is 9.97 Å². The van der Waals surface area contributed by atoms with Crippen LogP contribution in [-0.4, -0.2) is 21.6 Å². The number of carbonyl (C=O) groups is 1. The highest BCUT2D eigenvalue weighted by molar-refractivity contribution is 7.99. The maximum Gasteiger partial charge on any atom is 0.234 e. The summed E-state index contributed by atoms with van der Waals surface area (Å²) in [7, 11) is 0. The van der Waals surface area contributed by atoms with Crippen LogP contribution >= 0.6 is 23.4 Å². The third kappa shape index (κ3) is 4.57. The van der Waals surface area contributed by atoms with E-state index < -0.39 is 5.82 Å². The molecule has 0 spiro atoms. The number of aromatic nitrogens is 2. The van der Waals surface area contributed by atoms with Gasteiger partial charge in [0.25, 0.3) is 0 Å². The van der Waals surface area contributed by atoms with E-state index in [0.29, 0.717) is 21.7 Å². The summed E-state index contributed by atoms with van der Waals surface area (Å²) in [4.78, 5) is 19.9. The van der Waals surface area contributed by atoms with E-state index in [1.165, 1.54) is 18.2 Å². The van der Waals surface area contributed by atoms with E-state index in [1.54, 1.807) is 13.0 Å². The quantitative estimate of drug-likeness (QED) is 0.667. The number of hydrogen-bond donors (Lipinski definition) is 2. The maximum atomic E-state index is 13.5. The third-order valence-electron chi connectivity index (χ3n) is 2.39. The Labute approximate surface area is 130 Å². The summed E-state index contributed by atoms with van der Waals surface area (Å²) in [6.07, 6.45) is 0. The molecule has 1 heterocycles. The zero-order valence-corrected chi connectivity index (χ0v) is 12.6. The van der Waals surface area contributed by atoms with Crippen LogP contribution in [0.1, 0.15) is 5.69 Å². The van der Waals surface area contributed by atoms with E-state index >= 15 is 0 Å². The lowest BCUT2D eigenvalue weighted by Gasteiger charge is -2.07. The van der Waals surface area contributed by atoms with Crippen molar-refractivity contribution in [2.75, 3.05) is 16.8 Å². The highest BCUT2D eigenvalue weighted by atomic mass is 35.5. The van der Waals surface area contributed by atoms with E-state index in [2.05, 4.69) is 15.3 Å². The van der Waals surface area contributed by atoms with Crippen LogP contribution in [0.2, 0.25) is 5.02 Å². The summed E-state index contributed by atoms with van der Waals surface area (Å²) < 4.78 is 13.5. The van der Waals surface area contributed by atoms with Crippen LogP contribution in [-0.2, 0) is 4.79 Å². The molecule has 8 heteroatoms. The van der Waals surface area contributed by atoms with Gasteiger partial charge in [-0.15, -0.1) is 0 Å². The number of thioether (sulfide) groups is 1. The Kier molecular flexibility index (Phi) is 4.98. The van der Waals surface area contributed by atoms with Crippen molar-refractivity contribution in [1.29, 1.82) is 0 Å². The fourth-order valence-electron chi connectivity index (χ4n) is 1.54. The molecule has 0 aliphatic rings. The molecule has 0 fully saturated rings. The van der Waals surface area contributed by atoms with Gasteiger partial charge in [-0.25, -0.2) is 14.4 Å². The Balaban J connectivity index is 1.97. The van der Waals surface area contributed by atoms with Crippen LogP contribution in [0.15, 0.2) is 29.4 Å². The summed E-state index contributed by atoms with van der Waals surface area (Å²) >= 11 is 6.87. The molecule has 2 rings (SSSR count). The van der Waals surface area contributed by atoms with Gasteiger partial charge in [-0.05, 0) is 25.1 Å². The molecule has 110 valence electrons. The second-order valence-electron chi connectivity index (χ2n) is 4.18. The molecular weight excluding hydrogens is 315 g/mol. The number of nitrogen functional groups attached to an aromatic ring is 1. The Hall–Kier alpha value is -1.86. The summed E-state index contributed by atoms with van der Waals surface area (Å²) in [5, 5.41) is 3.18. The molecule has 0 radical (unpaired) electrons. The first-order valence-corrected chi connectivity index (χ1v) is 7.29.